The van der Waals surface area contributed by atoms with E-state index in [1.807, 2.05) is 18.2 Å². The van der Waals surface area contributed by atoms with Gasteiger partial charge < -0.3 is 10.0 Å². The first-order chi connectivity index (χ1) is 11.2. The van der Waals surface area contributed by atoms with Gasteiger partial charge in [-0.3, -0.25) is 0 Å². The van der Waals surface area contributed by atoms with Crippen LogP contribution in [0.2, 0.25) is 0 Å². The van der Waals surface area contributed by atoms with Crippen LogP contribution in [0.25, 0.3) is 10.8 Å². The molecule has 0 heterocycles. The van der Waals surface area contributed by atoms with E-state index in [1.54, 1.807) is 0 Å². The third-order valence-corrected chi connectivity index (χ3v) is 5.04. The van der Waals surface area contributed by atoms with Gasteiger partial charge in [0, 0.05) is 11.0 Å². The zero-order chi connectivity index (χ0) is 16.7. The molecule has 0 amide bonds. The van der Waals surface area contributed by atoms with Crippen molar-refractivity contribution in [2.75, 3.05) is 19.6 Å². The average Bonchev–Trinajstić information content (AvgIpc) is 2.57. The topological polar surface area (TPSA) is 23.5 Å². The molecular weight excluding hydrogens is 350 g/mol. The number of aliphatic hydroxyl groups is 1. The predicted molar refractivity (Wildman–Crippen MR) is 103 cm³/mol. The van der Waals surface area contributed by atoms with Crippen LogP contribution in [-0.4, -0.2) is 29.6 Å². The van der Waals surface area contributed by atoms with Crippen molar-refractivity contribution in [1.29, 1.82) is 0 Å². The maximum atomic E-state index is 10.8. The molecule has 2 nitrogen and oxygen atoms in total. The molecule has 2 aromatic carbocycles. The second-order valence-electron chi connectivity index (χ2n) is 6.21. The van der Waals surface area contributed by atoms with E-state index in [-0.39, 0.29) is 0 Å². The number of benzene rings is 2. The largest absolute Gasteiger partial charge is 0.387 e. The smallest absolute Gasteiger partial charge is 0.0922 e. The van der Waals surface area contributed by atoms with Crippen molar-refractivity contribution in [1.82, 2.24) is 4.90 Å². The third kappa shape index (κ3) is 5.03. The molecule has 1 atom stereocenters. The molecule has 23 heavy (non-hydrogen) atoms. The quantitative estimate of drug-likeness (QED) is 0.620. The maximum Gasteiger partial charge on any atom is 0.0922 e. The second-order valence-corrected chi connectivity index (χ2v) is 7.06. The Bertz CT molecular complexity index is 606. The molecule has 0 radical (unpaired) electrons. The van der Waals surface area contributed by atoms with Gasteiger partial charge in [-0.1, -0.05) is 73.0 Å². The summed E-state index contributed by atoms with van der Waals surface area (Å²) in [6, 6.07) is 12.4. The lowest BCUT2D eigenvalue weighted by atomic mass is 10.00. The van der Waals surface area contributed by atoms with E-state index < -0.39 is 6.10 Å². The fraction of sp³-hybridized carbons (Fsp3) is 0.500. The first kappa shape index (κ1) is 18.4. The van der Waals surface area contributed by atoms with Crippen molar-refractivity contribution < 1.29 is 5.11 Å². The number of nitrogens with zero attached hydrogens (tertiary/aromatic N) is 1. The van der Waals surface area contributed by atoms with Gasteiger partial charge in [-0.05, 0) is 48.3 Å². The molecule has 0 unspecified atom stereocenters. The molecule has 0 spiro atoms. The van der Waals surface area contributed by atoms with Crippen molar-refractivity contribution in [3.8, 4) is 0 Å². The van der Waals surface area contributed by atoms with Crippen molar-refractivity contribution in [3.63, 3.8) is 0 Å². The molecule has 2 rings (SSSR count). The lowest BCUT2D eigenvalue weighted by Crippen LogP contribution is -2.30. The summed E-state index contributed by atoms with van der Waals surface area (Å²) in [6.07, 6.45) is 4.33. The van der Waals surface area contributed by atoms with Gasteiger partial charge in [0.1, 0.15) is 0 Å². The van der Waals surface area contributed by atoms with Gasteiger partial charge in [-0.15, -0.1) is 0 Å². The SMILES string of the molecule is CCCCN(CCCC)C[C@@H](O)c1ccc(Br)c2ccccc12. The molecular formula is C20H28BrNO. The monoisotopic (exact) mass is 377 g/mol. The van der Waals surface area contributed by atoms with Crippen LogP contribution in [0.5, 0.6) is 0 Å². The fourth-order valence-electron chi connectivity index (χ4n) is 2.98. The number of unbranched alkanes of at least 4 members (excludes halogenated alkanes) is 2. The fourth-order valence-corrected chi connectivity index (χ4v) is 3.45. The molecule has 0 aromatic heterocycles. The van der Waals surface area contributed by atoms with Crippen molar-refractivity contribution in [3.05, 3.63) is 46.4 Å². The summed E-state index contributed by atoms with van der Waals surface area (Å²) in [5.74, 6) is 0. The number of fused-ring (bicyclic) bond motifs is 1. The minimum Gasteiger partial charge on any atom is -0.387 e. The summed E-state index contributed by atoms with van der Waals surface area (Å²) in [5, 5.41) is 13.1. The molecule has 0 aliphatic rings. The number of hydrogen-bond donors (Lipinski definition) is 1. The zero-order valence-electron chi connectivity index (χ0n) is 14.3. The highest BCUT2D eigenvalue weighted by molar-refractivity contribution is 9.10. The third-order valence-electron chi connectivity index (χ3n) is 4.35. The normalized spacial score (nSPS) is 12.9. The average molecular weight is 378 g/mol. The molecule has 0 saturated heterocycles. The van der Waals surface area contributed by atoms with Crippen LogP contribution in [0.4, 0.5) is 0 Å². The summed E-state index contributed by atoms with van der Waals surface area (Å²) >= 11 is 3.61. The van der Waals surface area contributed by atoms with E-state index >= 15 is 0 Å². The maximum absolute atomic E-state index is 10.8. The van der Waals surface area contributed by atoms with E-state index in [4.69, 9.17) is 0 Å². The summed E-state index contributed by atoms with van der Waals surface area (Å²) in [4.78, 5) is 2.41. The number of rotatable bonds is 9. The standard InChI is InChI=1S/C20H28BrNO/c1-3-5-13-22(14-6-4-2)15-20(23)18-11-12-19(21)17-10-8-7-9-16(17)18/h7-12,20,23H,3-6,13-15H2,1-2H3/t20-/m1/s1. The lowest BCUT2D eigenvalue weighted by molar-refractivity contribution is 0.112. The van der Waals surface area contributed by atoms with Gasteiger partial charge in [-0.25, -0.2) is 0 Å². The van der Waals surface area contributed by atoms with E-state index in [0.717, 1.165) is 33.9 Å². The van der Waals surface area contributed by atoms with E-state index in [2.05, 4.69) is 52.9 Å². The van der Waals surface area contributed by atoms with E-state index in [9.17, 15) is 5.11 Å². The first-order valence-corrected chi connectivity index (χ1v) is 9.54. The second kappa shape index (κ2) is 9.41. The molecule has 0 bridgehead atoms. The predicted octanol–water partition coefficient (Wildman–Crippen LogP) is 5.54. The Morgan fingerprint density at radius 2 is 1.57 bits per heavy atom. The van der Waals surface area contributed by atoms with Crippen molar-refractivity contribution >= 4 is 26.7 Å². The molecule has 0 fully saturated rings. The van der Waals surface area contributed by atoms with Crippen LogP contribution in [0, 0.1) is 0 Å². The van der Waals surface area contributed by atoms with Crippen LogP contribution in [0.15, 0.2) is 40.9 Å². The molecule has 1 N–H and O–H groups in total. The highest BCUT2D eigenvalue weighted by atomic mass is 79.9. The molecule has 2 aromatic rings. The first-order valence-electron chi connectivity index (χ1n) is 8.75. The number of aliphatic hydroxyl groups excluding tert-OH is 1. The Labute approximate surface area is 148 Å². The summed E-state index contributed by atoms with van der Waals surface area (Å²) < 4.78 is 1.08. The number of halogens is 1. The van der Waals surface area contributed by atoms with Crippen LogP contribution in [-0.2, 0) is 0 Å². The molecule has 3 heteroatoms. The summed E-state index contributed by atoms with van der Waals surface area (Å²) in [7, 11) is 0. The van der Waals surface area contributed by atoms with Gasteiger partial charge in [0.15, 0.2) is 0 Å². The Hall–Kier alpha value is -0.900. The highest BCUT2D eigenvalue weighted by Gasteiger charge is 2.16. The van der Waals surface area contributed by atoms with Gasteiger partial charge in [0.2, 0.25) is 0 Å². The van der Waals surface area contributed by atoms with E-state index in [1.165, 1.54) is 25.7 Å². The lowest BCUT2D eigenvalue weighted by Gasteiger charge is -2.25. The zero-order valence-corrected chi connectivity index (χ0v) is 15.8. The Morgan fingerprint density at radius 1 is 0.957 bits per heavy atom. The van der Waals surface area contributed by atoms with Gasteiger partial charge in [-0.2, -0.15) is 0 Å². The molecule has 0 saturated carbocycles. The van der Waals surface area contributed by atoms with Crippen molar-refractivity contribution in [2.24, 2.45) is 0 Å². The highest BCUT2D eigenvalue weighted by Crippen LogP contribution is 2.30. The summed E-state index contributed by atoms with van der Waals surface area (Å²) in [6.45, 7) is 7.29. The van der Waals surface area contributed by atoms with Gasteiger partial charge in [0.05, 0.1) is 6.10 Å². The minimum atomic E-state index is -0.443. The Kier molecular flexibility index (Phi) is 7.54. The van der Waals surface area contributed by atoms with Gasteiger partial charge in [0.25, 0.3) is 0 Å². The Morgan fingerprint density at radius 3 is 2.17 bits per heavy atom. The van der Waals surface area contributed by atoms with E-state index in [0.29, 0.717) is 6.54 Å². The van der Waals surface area contributed by atoms with Gasteiger partial charge >= 0.3 is 0 Å². The minimum absolute atomic E-state index is 0.443. The molecule has 0 aliphatic carbocycles. The number of hydrogen-bond acceptors (Lipinski definition) is 2. The van der Waals surface area contributed by atoms with Crippen LogP contribution >= 0.6 is 15.9 Å². The summed E-state index contributed by atoms with van der Waals surface area (Å²) in [5.41, 5.74) is 1.03. The Balaban J connectivity index is 2.18. The van der Waals surface area contributed by atoms with Crippen LogP contribution in [0.1, 0.15) is 51.2 Å². The van der Waals surface area contributed by atoms with Crippen molar-refractivity contribution in [2.45, 2.75) is 45.6 Å². The molecule has 126 valence electrons. The van der Waals surface area contributed by atoms with Crippen LogP contribution in [0.3, 0.4) is 0 Å². The van der Waals surface area contributed by atoms with Crippen LogP contribution < -0.4 is 0 Å². The molecule has 0 aliphatic heterocycles.